The number of nitrogens with zero attached hydrogens (tertiary/aromatic N) is 2. The van der Waals surface area contributed by atoms with E-state index in [2.05, 4.69) is 20.6 Å². The molecule has 0 spiro atoms. The van der Waals surface area contributed by atoms with Gasteiger partial charge in [0.15, 0.2) is 0 Å². The zero-order valence-corrected chi connectivity index (χ0v) is 16.9. The van der Waals surface area contributed by atoms with Crippen LogP contribution in [-0.4, -0.2) is 46.1 Å². The van der Waals surface area contributed by atoms with Gasteiger partial charge in [-0.3, -0.25) is 19.6 Å². The summed E-state index contributed by atoms with van der Waals surface area (Å²) in [4.78, 5) is 32.9. The Bertz CT molecular complexity index is 998. The van der Waals surface area contributed by atoms with E-state index in [1.165, 1.54) is 0 Å². The van der Waals surface area contributed by atoms with Crippen molar-refractivity contribution in [3.8, 4) is 11.1 Å². The van der Waals surface area contributed by atoms with Gasteiger partial charge in [0.05, 0.1) is 24.9 Å². The zero-order valence-electron chi connectivity index (χ0n) is 16.9. The van der Waals surface area contributed by atoms with Crippen LogP contribution in [0.15, 0.2) is 73.2 Å². The summed E-state index contributed by atoms with van der Waals surface area (Å²) in [5.74, 6) is -0.952. The summed E-state index contributed by atoms with van der Waals surface area (Å²) < 4.78 is 0. The quantitative estimate of drug-likeness (QED) is 0.409. The topological polar surface area (TPSA) is 130 Å². The standard InChI is InChI=1S/C23H25N5O3/c24-19(15-29)23(31)27-14-22(30)28-20(17-5-2-1-3-6-17)13-21-18(7-4-10-26-21)16-8-11-25-12-9-16/h1-12,19-20,29H,13-15,24H2,(H,27,31)(H,28,30). The molecule has 0 aliphatic heterocycles. The molecule has 2 amide bonds. The number of aliphatic hydroxyl groups is 1. The van der Waals surface area contributed by atoms with Gasteiger partial charge in [0.25, 0.3) is 0 Å². The number of nitrogens with two attached hydrogens (primary N) is 1. The number of amides is 2. The number of hydrogen-bond donors (Lipinski definition) is 4. The minimum Gasteiger partial charge on any atom is -0.394 e. The molecule has 0 bridgehead atoms. The Labute approximate surface area is 180 Å². The van der Waals surface area contributed by atoms with Gasteiger partial charge in [-0.25, -0.2) is 0 Å². The van der Waals surface area contributed by atoms with E-state index in [1.807, 2.05) is 54.6 Å². The molecular weight excluding hydrogens is 394 g/mol. The summed E-state index contributed by atoms with van der Waals surface area (Å²) in [6.07, 6.45) is 5.63. The van der Waals surface area contributed by atoms with Crippen molar-refractivity contribution < 1.29 is 14.7 Å². The Balaban J connectivity index is 1.79. The smallest absolute Gasteiger partial charge is 0.239 e. The molecule has 1 aromatic carbocycles. The predicted octanol–water partition coefficient (Wildman–Crippen LogP) is 0.979. The third-order valence-corrected chi connectivity index (χ3v) is 4.77. The van der Waals surface area contributed by atoms with Crippen LogP contribution in [0.2, 0.25) is 0 Å². The first kappa shape index (κ1) is 22.1. The monoisotopic (exact) mass is 419 g/mol. The highest BCUT2D eigenvalue weighted by atomic mass is 16.3. The van der Waals surface area contributed by atoms with E-state index in [1.54, 1.807) is 18.6 Å². The Hall–Kier alpha value is -3.62. The first-order chi connectivity index (χ1) is 15.1. The molecule has 8 nitrogen and oxygen atoms in total. The summed E-state index contributed by atoms with van der Waals surface area (Å²) in [7, 11) is 0. The maximum absolute atomic E-state index is 12.5. The first-order valence-electron chi connectivity index (χ1n) is 9.91. The van der Waals surface area contributed by atoms with Crippen LogP contribution in [0.4, 0.5) is 0 Å². The van der Waals surface area contributed by atoms with Crippen LogP contribution < -0.4 is 16.4 Å². The second kappa shape index (κ2) is 11.0. The van der Waals surface area contributed by atoms with Crippen molar-refractivity contribution in [2.45, 2.75) is 18.5 Å². The van der Waals surface area contributed by atoms with Gasteiger partial charge in [-0.05, 0) is 29.3 Å². The van der Waals surface area contributed by atoms with Crippen molar-refractivity contribution >= 4 is 11.8 Å². The fraction of sp³-hybridized carbons (Fsp3) is 0.217. The molecule has 2 atom stereocenters. The van der Waals surface area contributed by atoms with E-state index in [4.69, 9.17) is 10.8 Å². The molecule has 5 N–H and O–H groups in total. The largest absolute Gasteiger partial charge is 0.394 e. The number of hydrogen-bond acceptors (Lipinski definition) is 6. The van der Waals surface area contributed by atoms with Gasteiger partial charge in [0.1, 0.15) is 6.04 Å². The number of benzene rings is 1. The molecule has 0 fully saturated rings. The lowest BCUT2D eigenvalue weighted by Gasteiger charge is -2.21. The summed E-state index contributed by atoms with van der Waals surface area (Å²) in [5.41, 5.74) is 9.16. The lowest BCUT2D eigenvalue weighted by Crippen LogP contribution is -2.47. The lowest BCUT2D eigenvalue weighted by molar-refractivity contribution is -0.127. The minimum absolute atomic E-state index is 0.241. The van der Waals surface area contributed by atoms with Crippen LogP contribution in [0.1, 0.15) is 17.3 Å². The number of aromatic nitrogens is 2. The van der Waals surface area contributed by atoms with E-state index in [0.29, 0.717) is 6.42 Å². The zero-order chi connectivity index (χ0) is 22.1. The maximum Gasteiger partial charge on any atom is 0.239 e. The van der Waals surface area contributed by atoms with Crippen molar-refractivity contribution in [3.63, 3.8) is 0 Å². The van der Waals surface area contributed by atoms with Gasteiger partial charge < -0.3 is 21.5 Å². The van der Waals surface area contributed by atoms with Crippen molar-refractivity contribution in [2.75, 3.05) is 13.2 Å². The highest BCUT2D eigenvalue weighted by molar-refractivity contribution is 5.87. The summed E-state index contributed by atoms with van der Waals surface area (Å²) in [5, 5.41) is 14.3. The average Bonchev–Trinajstić information content (AvgIpc) is 2.83. The highest BCUT2D eigenvalue weighted by Gasteiger charge is 2.19. The SMILES string of the molecule is NC(CO)C(=O)NCC(=O)NC(Cc1ncccc1-c1ccncc1)c1ccccc1. The Morgan fingerprint density at radius 3 is 2.45 bits per heavy atom. The van der Waals surface area contributed by atoms with E-state index in [0.717, 1.165) is 22.4 Å². The summed E-state index contributed by atoms with van der Waals surface area (Å²) in [6.45, 7) is -0.729. The van der Waals surface area contributed by atoms with Gasteiger partial charge in [-0.15, -0.1) is 0 Å². The third-order valence-electron chi connectivity index (χ3n) is 4.77. The number of aliphatic hydroxyl groups excluding tert-OH is 1. The van der Waals surface area contributed by atoms with Crippen LogP contribution in [0.3, 0.4) is 0 Å². The van der Waals surface area contributed by atoms with Crippen molar-refractivity contribution in [1.82, 2.24) is 20.6 Å². The number of nitrogens with one attached hydrogen (secondary N) is 2. The van der Waals surface area contributed by atoms with Gasteiger partial charge in [0, 0.05) is 30.6 Å². The number of pyridine rings is 2. The minimum atomic E-state index is -1.06. The molecule has 160 valence electrons. The molecule has 2 unspecified atom stereocenters. The molecular formula is C23H25N5O3. The number of carbonyl (C=O) groups is 2. The molecule has 0 radical (unpaired) electrons. The van der Waals surface area contributed by atoms with Crippen molar-refractivity contribution in [2.24, 2.45) is 5.73 Å². The first-order valence-corrected chi connectivity index (χ1v) is 9.91. The molecule has 8 heteroatoms. The van der Waals surface area contributed by atoms with Crippen molar-refractivity contribution in [1.29, 1.82) is 0 Å². The Morgan fingerprint density at radius 1 is 1.00 bits per heavy atom. The molecule has 0 saturated carbocycles. The average molecular weight is 419 g/mol. The fourth-order valence-electron chi connectivity index (χ4n) is 3.15. The lowest BCUT2D eigenvalue weighted by atomic mass is 9.96. The van der Waals surface area contributed by atoms with E-state index in [-0.39, 0.29) is 18.5 Å². The van der Waals surface area contributed by atoms with Gasteiger partial charge in [0.2, 0.25) is 11.8 Å². The number of rotatable bonds is 9. The second-order valence-electron chi connectivity index (χ2n) is 6.98. The molecule has 3 aromatic rings. The molecule has 31 heavy (non-hydrogen) atoms. The normalized spacial score (nSPS) is 12.6. The fourth-order valence-corrected chi connectivity index (χ4v) is 3.15. The van der Waals surface area contributed by atoms with Gasteiger partial charge in [-0.1, -0.05) is 36.4 Å². The van der Waals surface area contributed by atoms with E-state index >= 15 is 0 Å². The van der Waals surface area contributed by atoms with Gasteiger partial charge >= 0.3 is 0 Å². The molecule has 0 saturated heterocycles. The van der Waals surface area contributed by atoms with Crippen LogP contribution in [-0.2, 0) is 16.0 Å². The van der Waals surface area contributed by atoms with Crippen LogP contribution in [0.5, 0.6) is 0 Å². The highest BCUT2D eigenvalue weighted by Crippen LogP contribution is 2.26. The molecule has 0 aliphatic carbocycles. The molecule has 2 aromatic heterocycles. The number of carbonyl (C=O) groups excluding carboxylic acids is 2. The predicted molar refractivity (Wildman–Crippen MR) is 117 cm³/mol. The molecule has 0 aliphatic rings. The van der Waals surface area contributed by atoms with Crippen LogP contribution in [0, 0.1) is 0 Å². The third kappa shape index (κ3) is 6.18. The second-order valence-corrected chi connectivity index (χ2v) is 6.98. The Morgan fingerprint density at radius 2 is 1.74 bits per heavy atom. The van der Waals surface area contributed by atoms with Crippen LogP contribution >= 0.6 is 0 Å². The van der Waals surface area contributed by atoms with Crippen LogP contribution in [0.25, 0.3) is 11.1 Å². The van der Waals surface area contributed by atoms with Crippen molar-refractivity contribution in [3.05, 3.63) is 84.4 Å². The Kier molecular flexibility index (Phi) is 7.80. The summed E-state index contributed by atoms with van der Waals surface area (Å²) >= 11 is 0. The molecule has 3 rings (SSSR count). The summed E-state index contributed by atoms with van der Waals surface area (Å²) in [6, 6.07) is 15.8. The van der Waals surface area contributed by atoms with E-state index in [9.17, 15) is 9.59 Å². The van der Waals surface area contributed by atoms with E-state index < -0.39 is 18.6 Å². The maximum atomic E-state index is 12.5. The molecule has 2 heterocycles. The van der Waals surface area contributed by atoms with Gasteiger partial charge in [-0.2, -0.15) is 0 Å².